The quantitative estimate of drug-likeness (QED) is 0.797. The number of carbonyl (C=O) groups is 1. The van der Waals surface area contributed by atoms with Crippen LogP contribution in [0.5, 0.6) is 11.5 Å². The molecule has 7 heteroatoms. The second-order valence-electron chi connectivity index (χ2n) is 6.78. The number of aryl methyl sites for hydroxylation is 2. The number of aromatic nitrogens is 2. The molecule has 2 heterocycles. The van der Waals surface area contributed by atoms with Crippen molar-refractivity contribution in [2.75, 3.05) is 13.2 Å². The van der Waals surface area contributed by atoms with Crippen LogP contribution in [0.25, 0.3) is 0 Å². The average Bonchev–Trinajstić information content (AvgIpc) is 2.81. The van der Waals surface area contributed by atoms with Crippen LogP contribution < -0.4 is 14.8 Å². The number of hydrogen-bond acceptors (Lipinski definition) is 4. The van der Waals surface area contributed by atoms with Gasteiger partial charge in [-0.2, -0.15) is 5.10 Å². The number of fused-ring (bicyclic) bond motifs is 1. The minimum atomic E-state index is -0.222. The second-order valence-corrected chi connectivity index (χ2v) is 7.14. The summed E-state index contributed by atoms with van der Waals surface area (Å²) in [4.78, 5) is 12.8. The van der Waals surface area contributed by atoms with Crippen LogP contribution in [-0.4, -0.2) is 28.9 Å². The standard InChI is InChI=1S/C20H26ClN3O3/c1-4-5-9-24-19(21)18(14(3)23-24)20(25)22-13(2)15-7-8-16-17(12-15)27-11-6-10-26-16/h7-8,12-13H,4-6,9-11H2,1-3H3,(H,22,25)/t13-/m1/s1. The Bertz CT molecular complexity index is 819. The molecule has 1 aliphatic heterocycles. The first-order valence-corrected chi connectivity index (χ1v) is 9.82. The van der Waals surface area contributed by atoms with Gasteiger partial charge in [-0.25, -0.2) is 0 Å². The highest BCUT2D eigenvalue weighted by Gasteiger charge is 2.22. The summed E-state index contributed by atoms with van der Waals surface area (Å²) in [6.07, 6.45) is 2.86. The summed E-state index contributed by atoms with van der Waals surface area (Å²) in [5, 5.41) is 7.81. The Labute approximate surface area is 164 Å². The predicted molar refractivity (Wildman–Crippen MR) is 105 cm³/mol. The Morgan fingerprint density at radius 2 is 2.07 bits per heavy atom. The average molecular weight is 392 g/mol. The molecule has 0 fully saturated rings. The molecule has 1 N–H and O–H groups in total. The number of nitrogens with zero attached hydrogens (tertiary/aromatic N) is 2. The van der Waals surface area contributed by atoms with Crippen molar-refractivity contribution in [3.63, 3.8) is 0 Å². The van der Waals surface area contributed by atoms with Crippen LogP contribution in [0.1, 0.15) is 60.8 Å². The number of rotatable bonds is 6. The zero-order valence-electron chi connectivity index (χ0n) is 16.0. The van der Waals surface area contributed by atoms with Gasteiger partial charge < -0.3 is 14.8 Å². The van der Waals surface area contributed by atoms with Gasteiger partial charge in [0.05, 0.1) is 30.5 Å². The maximum atomic E-state index is 12.8. The van der Waals surface area contributed by atoms with Crippen molar-refractivity contribution in [1.29, 1.82) is 0 Å². The summed E-state index contributed by atoms with van der Waals surface area (Å²) in [6.45, 7) is 7.83. The first kappa shape index (κ1) is 19.5. The van der Waals surface area contributed by atoms with Crippen molar-refractivity contribution in [3.8, 4) is 11.5 Å². The third-order valence-electron chi connectivity index (χ3n) is 4.64. The molecule has 1 amide bonds. The number of ether oxygens (including phenoxy) is 2. The summed E-state index contributed by atoms with van der Waals surface area (Å²) < 4.78 is 13.1. The maximum absolute atomic E-state index is 12.8. The van der Waals surface area contributed by atoms with E-state index < -0.39 is 0 Å². The molecule has 0 bridgehead atoms. The molecule has 0 saturated heterocycles. The van der Waals surface area contributed by atoms with Gasteiger partial charge in [-0.1, -0.05) is 31.0 Å². The topological polar surface area (TPSA) is 65.4 Å². The highest BCUT2D eigenvalue weighted by atomic mass is 35.5. The van der Waals surface area contributed by atoms with Gasteiger partial charge in [0.15, 0.2) is 11.5 Å². The molecule has 2 aromatic rings. The Balaban J connectivity index is 1.74. The van der Waals surface area contributed by atoms with Gasteiger partial charge in [0.1, 0.15) is 5.15 Å². The van der Waals surface area contributed by atoms with Crippen molar-refractivity contribution < 1.29 is 14.3 Å². The number of hydrogen-bond donors (Lipinski definition) is 1. The monoisotopic (exact) mass is 391 g/mol. The zero-order chi connectivity index (χ0) is 19.4. The van der Waals surface area contributed by atoms with Gasteiger partial charge in [-0.3, -0.25) is 9.48 Å². The number of carbonyl (C=O) groups excluding carboxylic acids is 1. The fourth-order valence-electron chi connectivity index (χ4n) is 3.07. The van der Waals surface area contributed by atoms with Crippen LogP contribution in [0.15, 0.2) is 18.2 Å². The molecule has 3 rings (SSSR count). The summed E-state index contributed by atoms with van der Waals surface area (Å²) in [7, 11) is 0. The largest absolute Gasteiger partial charge is 0.490 e. The lowest BCUT2D eigenvalue weighted by molar-refractivity contribution is 0.0939. The lowest BCUT2D eigenvalue weighted by Crippen LogP contribution is -2.27. The van der Waals surface area contributed by atoms with Crippen molar-refractivity contribution in [2.45, 2.75) is 52.6 Å². The Morgan fingerprint density at radius 1 is 1.33 bits per heavy atom. The van der Waals surface area contributed by atoms with Crippen LogP contribution in [0.3, 0.4) is 0 Å². The van der Waals surface area contributed by atoms with Crippen molar-refractivity contribution in [2.24, 2.45) is 0 Å². The normalized spacial score (nSPS) is 14.5. The SMILES string of the molecule is CCCCn1nc(C)c(C(=O)N[C@H](C)c2ccc3c(c2)OCCCO3)c1Cl. The number of halogens is 1. The highest BCUT2D eigenvalue weighted by Crippen LogP contribution is 2.32. The van der Waals surface area contributed by atoms with Gasteiger partial charge in [-0.05, 0) is 38.0 Å². The maximum Gasteiger partial charge on any atom is 0.256 e. The number of benzene rings is 1. The van der Waals surface area contributed by atoms with E-state index in [-0.39, 0.29) is 11.9 Å². The summed E-state index contributed by atoms with van der Waals surface area (Å²) in [5.74, 6) is 1.23. The third-order valence-corrected chi connectivity index (χ3v) is 5.02. The highest BCUT2D eigenvalue weighted by molar-refractivity contribution is 6.33. The van der Waals surface area contributed by atoms with Crippen LogP contribution in [0.4, 0.5) is 0 Å². The molecule has 1 aliphatic rings. The zero-order valence-corrected chi connectivity index (χ0v) is 16.8. The van der Waals surface area contributed by atoms with E-state index in [1.807, 2.05) is 32.0 Å². The Morgan fingerprint density at radius 3 is 2.81 bits per heavy atom. The van der Waals surface area contributed by atoms with Crippen LogP contribution in [0, 0.1) is 6.92 Å². The minimum Gasteiger partial charge on any atom is -0.490 e. The molecular formula is C20H26ClN3O3. The third kappa shape index (κ3) is 4.38. The van der Waals surface area contributed by atoms with E-state index in [0.717, 1.165) is 30.6 Å². The Hall–Kier alpha value is -2.21. The van der Waals surface area contributed by atoms with Gasteiger partial charge >= 0.3 is 0 Å². The van der Waals surface area contributed by atoms with E-state index in [2.05, 4.69) is 17.3 Å². The first-order chi connectivity index (χ1) is 13.0. The summed E-state index contributed by atoms with van der Waals surface area (Å²) >= 11 is 6.41. The van der Waals surface area contributed by atoms with E-state index in [9.17, 15) is 4.79 Å². The molecule has 1 aromatic heterocycles. The molecular weight excluding hydrogens is 366 g/mol. The van der Waals surface area contributed by atoms with E-state index in [4.69, 9.17) is 21.1 Å². The lowest BCUT2D eigenvalue weighted by Gasteiger charge is -2.16. The molecule has 0 radical (unpaired) electrons. The van der Waals surface area contributed by atoms with E-state index in [0.29, 0.717) is 41.9 Å². The number of unbranched alkanes of at least 4 members (excludes halogenated alkanes) is 1. The lowest BCUT2D eigenvalue weighted by atomic mass is 10.1. The first-order valence-electron chi connectivity index (χ1n) is 9.44. The number of amides is 1. The van der Waals surface area contributed by atoms with Crippen LogP contribution >= 0.6 is 11.6 Å². The fraction of sp³-hybridized carbons (Fsp3) is 0.500. The van der Waals surface area contributed by atoms with Gasteiger partial charge in [0.25, 0.3) is 5.91 Å². The van der Waals surface area contributed by atoms with Crippen LogP contribution in [-0.2, 0) is 6.54 Å². The van der Waals surface area contributed by atoms with E-state index in [1.54, 1.807) is 4.68 Å². The van der Waals surface area contributed by atoms with E-state index >= 15 is 0 Å². The molecule has 1 atom stereocenters. The summed E-state index contributed by atoms with van der Waals surface area (Å²) in [5.41, 5.74) is 2.02. The van der Waals surface area contributed by atoms with Crippen molar-refractivity contribution in [1.82, 2.24) is 15.1 Å². The fourth-order valence-corrected chi connectivity index (χ4v) is 3.41. The van der Waals surface area contributed by atoms with Gasteiger partial charge in [0.2, 0.25) is 0 Å². The van der Waals surface area contributed by atoms with Gasteiger partial charge in [0, 0.05) is 13.0 Å². The minimum absolute atomic E-state index is 0.205. The molecule has 0 spiro atoms. The molecule has 27 heavy (non-hydrogen) atoms. The summed E-state index contributed by atoms with van der Waals surface area (Å²) in [6, 6.07) is 5.55. The second kappa shape index (κ2) is 8.65. The molecule has 0 aliphatic carbocycles. The Kier molecular flexibility index (Phi) is 6.26. The van der Waals surface area contributed by atoms with Crippen molar-refractivity contribution in [3.05, 3.63) is 40.2 Å². The van der Waals surface area contributed by atoms with Crippen LogP contribution in [0.2, 0.25) is 5.15 Å². The van der Waals surface area contributed by atoms with E-state index in [1.165, 1.54) is 0 Å². The smallest absolute Gasteiger partial charge is 0.256 e. The molecule has 0 unspecified atom stereocenters. The molecule has 146 valence electrons. The molecule has 0 saturated carbocycles. The molecule has 6 nitrogen and oxygen atoms in total. The van der Waals surface area contributed by atoms with Crippen molar-refractivity contribution >= 4 is 17.5 Å². The number of nitrogens with one attached hydrogen (secondary N) is 1. The van der Waals surface area contributed by atoms with Gasteiger partial charge in [-0.15, -0.1) is 0 Å². The predicted octanol–water partition coefficient (Wildman–Crippen LogP) is 4.30. The molecule has 1 aromatic carbocycles.